The average Bonchev–Trinajstić information content (AvgIpc) is 2.20. The highest BCUT2D eigenvalue weighted by Gasteiger charge is 2.19. The van der Waals surface area contributed by atoms with Crippen LogP contribution in [-0.4, -0.2) is 14.7 Å². The zero-order valence-electron chi connectivity index (χ0n) is 10.5. The molecule has 1 aromatic carbocycles. The molecule has 0 spiro atoms. The van der Waals surface area contributed by atoms with Crippen molar-refractivity contribution in [2.45, 2.75) is 32.4 Å². The summed E-state index contributed by atoms with van der Waals surface area (Å²) in [5, 5.41) is 0.485. The van der Waals surface area contributed by atoms with Gasteiger partial charge in [-0.25, -0.2) is 4.21 Å². The van der Waals surface area contributed by atoms with Crippen molar-refractivity contribution in [1.82, 2.24) is 0 Å². The Bertz CT molecular complexity index is 478. The molecule has 0 saturated carbocycles. The minimum atomic E-state index is -1.29. The first-order valence-corrected chi connectivity index (χ1v) is 6.73. The quantitative estimate of drug-likeness (QED) is 0.664. The Morgan fingerprint density at radius 1 is 1.41 bits per heavy atom. The summed E-state index contributed by atoms with van der Waals surface area (Å²) in [6, 6.07) is 5.33. The van der Waals surface area contributed by atoms with Crippen molar-refractivity contribution < 1.29 is 4.21 Å². The van der Waals surface area contributed by atoms with Crippen LogP contribution in [0, 0.1) is 0 Å². The van der Waals surface area contributed by atoms with Crippen molar-refractivity contribution in [2.75, 3.05) is 5.73 Å². The van der Waals surface area contributed by atoms with E-state index in [1.807, 2.05) is 26.8 Å². The van der Waals surface area contributed by atoms with Crippen molar-refractivity contribution >= 4 is 34.0 Å². The molecule has 17 heavy (non-hydrogen) atoms. The molecule has 0 bridgehead atoms. The highest BCUT2D eigenvalue weighted by molar-refractivity contribution is 7.85. The van der Waals surface area contributed by atoms with E-state index in [-0.39, 0.29) is 4.75 Å². The van der Waals surface area contributed by atoms with Gasteiger partial charge in [-0.2, -0.15) is 4.40 Å². The Kier molecular flexibility index (Phi) is 4.33. The maximum Gasteiger partial charge on any atom is 0.145 e. The van der Waals surface area contributed by atoms with Gasteiger partial charge in [-0.05, 0) is 33.8 Å². The number of nitrogens with zero attached hydrogens (tertiary/aromatic N) is 1. The summed E-state index contributed by atoms with van der Waals surface area (Å²) < 4.78 is 15.7. The topological polar surface area (TPSA) is 55.5 Å². The van der Waals surface area contributed by atoms with E-state index in [2.05, 4.69) is 4.40 Å². The van der Waals surface area contributed by atoms with E-state index in [4.69, 9.17) is 17.3 Å². The summed E-state index contributed by atoms with van der Waals surface area (Å²) in [5.41, 5.74) is 7.70. The van der Waals surface area contributed by atoms with Gasteiger partial charge in [0.25, 0.3) is 0 Å². The van der Waals surface area contributed by atoms with Gasteiger partial charge in [0.15, 0.2) is 0 Å². The van der Waals surface area contributed by atoms with Crippen LogP contribution in [0.5, 0.6) is 0 Å². The highest BCUT2D eigenvalue weighted by Crippen LogP contribution is 2.24. The number of benzene rings is 1. The molecule has 0 aliphatic rings. The molecule has 0 aliphatic heterocycles. The fraction of sp³-hybridized carbons (Fsp3) is 0.417. The largest absolute Gasteiger partial charge is 0.397 e. The molecular weight excluding hydrogens is 256 g/mol. The van der Waals surface area contributed by atoms with Crippen LogP contribution in [0.4, 0.5) is 5.69 Å². The predicted molar refractivity (Wildman–Crippen MR) is 76.0 cm³/mol. The van der Waals surface area contributed by atoms with Crippen LogP contribution in [0.15, 0.2) is 22.6 Å². The molecule has 0 fully saturated rings. The van der Waals surface area contributed by atoms with Gasteiger partial charge >= 0.3 is 0 Å². The first kappa shape index (κ1) is 14.2. The summed E-state index contributed by atoms with van der Waals surface area (Å²) in [6.45, 7) is 7.41. The Morgan fingerprint density at radius 3 is 2.53 bits per heavy atom. The third kappa shape index (κ3) is 3.54. The third-order valence-electron chi connectivity index (χ3n) is 2.19. The van der Waals surface area contributed by atoms with Crippen molar-refractivity contribution in [3.05, 3.63) is 28.8 Å². The van der Waals surface area contributed by atoms with Gasteiger partial charge in [-0.3, -0.25) is 0 Å². The Morgan fingerprint density at radius 2 is 2.00 bits per heavy atom. The second kappa shape index (κ2) is 5.19. The number of anilines is 1. The summed E-state index contributed by atoms with van der Waals surface area (Å²) in [5.74, 6) is 0. The smallest absolute Gasteiger partial charge is 0.145 e. The fourth-order valence-corrected chi connectivity index (χ4v) is 1.96. The molecule has 0 aliphatic carbocycles. The number of nitrogens with two attached hydrogens (primary N) is 1. The molecule has 2 N–H and O–H groups in total. The van der Waals surface area contributed by atoms with E-state index in [1.54, 1.807) is 19.1 Å². The van der Waals surface area contributed by atoms with Gasteiger partial charge in [-0.15, -0.1) is 0 Å². The second-order valence-corrected chi connectivity index (χ2v) is 7.05. The van der Waals surface area contributed by atoms with Crippen LogP contribution in [0.2, 0.25) is 5.02 Å². The molecule has 0 amide bonds. The third-order valence-corrected chi connectivity index (χ3v) is 4.00. The Hall–Kier alpha value is -0.870. The van der Waals surface area contributed by atoms with Gasteiger partial charge in [0.1, 0.15) is 11.0 Å². The molecule has 1 unspecified atom stereocenters. The van der Waals surface area contributed by atoms with Crippen LogP contribution in [-0.2, 0) is 11.0 Å². The van der Waals surface area contributed by atoms with Gasteiger partial charge in [0, 0.05) is 5.56 Å². The van der Waals surface area contributed by atoms with Crippen LogP contribution in [0.3, 0.4) is 0 Å². The maximum atomic E-state index is 11.9. The number of para-hydroxylation sites is 1. The molecule has 1 aromatic rings. The van der Waals surface area contributed by atoms with E-state index < -0.39 is 11.0 Å². The monoisotopic (exact) mass is 272 g/mol. The van der Waals surface area contributed by atoms with Crippen LogP contribution in [0.1, 0.15) is 33.3 Å². The lowest BCUT2D eigenvalue weighted by molar-refractivity contribution is 0.650. The standard InChI is InChI=1S/C12H17ClN2OS/c1-8(15-17(16)12(2,3)4)9-6-5-7-10(13)11(9)14/h5-7H,14H2,1-4H3. The zero-order chi connectivity index (χ0) is 13.2. The molecule has 0 aromatic heterocycles. The first-order chi connectivity index (χ1) is 7.73. The number of nitrogen functional groups attached to an aromatic ring is 1. The summed E-state index contributed by atoms with van der Waals surface area (Å²) in [7, 11) is -1.29. The van der Waals surface area contributed by atoms with E-state index in [1.165, 1.54) is 0 Å². The molecule has 94 valence electrons. The molecule has 0 radical (unpaired) electrons. The van der Waals surface area contributed by atoms with Crippen LogP contribution >= 0.6 is 11.6 Å². The second-order valence-electron chi connectivity index (χ2n) is 4.74. The van der Waals surface area contributed by atoms with E-state index in [0.717, 1.165) is 5.56 Å². The first-order valence-electron chi connectivity index (χ1n) is 5.25. The summed E-state index contributed by atoms with van der Waals surface area (Å²) in [6.07, 6.45) is 0. The van der Waals surface area contributed by atoms with Crippen molar-refractivity contribution in [3.8, 4) is 0 Å². The van der Waals surface area contributed by atoms with E-state index in [0.29, 0.717) is 16.4 Å². The highest BCUT2D eigenvalue weighted by atomic mass is 35.5. The van der Waals surface area contributed by atoms with E-state index in [9.17, 15) is 4.21 Å². The number of hydrogen-bond acceptors (Lipinski definition) is 2. The predicted octanol–water partition coefficient (Wildman–Crippen LogP) is 3.19. The molecule has 1 rings (SSSR count). The molecular formula is C12H17ClN2OS. The number of halogens is 1. The number of hydrogen-bond donors (Lipinski definition) is 1. The minimum Gasteiger partial charge on any atom is -0.397 e. The average molecular weight is 273 g/mol. The molecule has 0 heterocycles. The summed E-state index contributed by atoms with van der Waals surface area (Å²) >= 11 is 5.93. The fourth-order valence-electron chi connectivity index (χ4n) is 1.16. The van der Waals surface area contributed by atoms with Gasteiger partial charge in [0.05, 0.1) is 21.2 Å². The van der Waals surface area contributed by atoms with Crippen molar-refractivity contribution in [3.63, 3.8) is 0 Å². The lowest BCUT2D eigenvalue weighted by atomic mass is 10.1. The lowest BCUT2D eigenvalue weighted by Gasteiger charge is -2.14. The maximum absolute atomic E-state index is 11.9. The van der Waals surface area contributed by atoms with Crippen molar-refractivity contribution in [1.29, 1.82) is 0 Å². The normalized spacial score (nSPS) is 14.8. The van der Waals surface area contributed by atoms with Gasteiger partial charge in [-0.1, -0.05) is 23.7 Å². The van der Waals surface area contributed by atoms with Gasteiger partial charge in [0.2, 0.25) is 0 Å². The van der Waals surface area contributed by atoms with Crippen LogP contribution < -0.4 is 5.73 Å². The molecule has 1 atom stereocenters. The molecule has 0 saturated heterocycles. The lowest BCUT2D eigenvalue weighted by Crippen LogP contribution is -2.20. The Balaban J connectivity index is 3.13. The number of rotatable bonds is 2. The van der Waals surface area contributed by atoms with Crippen molar-refractivity contribution in [2.24, 2.45) is 4.40 Å². The zero-order valence-corrected chi connectivity index (χ0v) is 12.0. The van der Waals surface area contributed by atoms with Gasteiger partial charge < -0.3 is 5.73 Å². The SMILES string of the molecule is CC(=NS(=O)C(C)(C)C)c1cccc(Cl)c1N. The molecule has 5 heteroatoms. The Labute approximate surface area is 110 Å². The van der Waals surface area contributed by atoms with E-state index >= 15 is 0 Å². The summed E-state index contributed by atoms with van der Waals surface area (Å²) in [4.78, 5) is 0. The van der Waals surface area contributed by atoms with Crippen LogP contribution in [0.25, 0.3) is 0 Å². The minimum absolute atomic E-state index is 0.380. The molecule has 3 nitrogen and oxygen atoms in total.